The molecule has 2 N–H and O–H groups in total. The Kier molecular flexibility index (Phi) is 4.21. The second kappa shape index (κ2) is 5.86. The van der Waals surface area contributed by atoms with Crippen LogP contribution in [0.3, 0.4) is 0 Å². The van der Waals surface area contributed by atoms with Crippen LogP contribution in [-0.2, 0) is 14.8 Å². The topological polar surface area (TPSA) is 80.5 Å². The van der Waals surface area contributed by atoms with Gasteiger partial charge in [0, 0.05) is 29.4 Å². The Bertz CT molecular complexity index is 976. The molecular formula is C15H12ClF3N2O3S. The number of rotatable bonds is 2. The molecular weight excluding hydrogens is 381 g/mol. The van der Waals surface area contributed by atoms with Crippen molar-refractivity contribution in [1.29, 1.82) is 0 Å². The fraction of sp³-hybridized carbons (Fsp3) is 0.267. The van der Waals surface area contributed by atoms with E-state index in [-0.39, 0.29) is 28.4 Å². The summed E-state index contributed by atoms with van der Waals surface area (Å²) in [6, 6.07) is 6.98. The monoisotopic (exact) mass is 392 g/mol. The highest BCUT2D eigenvalue weighted by atomic mass is 35.5. The van der Waals surface area contributed by atoms with Gasteiger partial charge in [-0.1, -0.05) is 18.2 Å². The number of nitrogens with two attached hydrogens (primary N) is 1. The molecule has 1 unspecified atom stereocenters. The highest BCUT2D eigenvalue weighted by molar-refractivity contribution is 7.89. The zero-order valence-corrected chi connectivity index (χ0v) is 14.1. The Hall–Kier alpha value is -1.84. The van der Waals surface area contributed by atoms with E-state index in [0.29, 0.717) is 15.8 Å². The third kappa shape index (κ3) is 2.96. The van der Waals surface area contributed by atoms with Gasteiger partial charge in [-0.05, 0) is 23.1 Å². The van der Waals surface area contributed by atoms with Crippen molar-refractivity contribution in [2.75, 3.05) is 17.3 Å². The number of hydrogen-bond donors (Lipinski definition) is 1. The summed E-state index contributed by atoms with van der Waals surface area (Å²) >= 11 is 5.89. The van der Waals surface area contributed by atoms with Crippen LogP contribution in [0, 0.1) is 0 Å². The van der Waals surface area contributed by atoms with Gasteiger partial charge < -0.3 is 4.90 Å². The van der Waals surface area contributed by atoms with Crippen LogP contribution >= 0.6 is 11.6 Å². The second-order valence-corrected chi connectivity index (χ2v) is 7.50. The number of carbonyl (C=O) groups excluding carboxylic acids is 1. The van der Waals surface area contributed by atoms with E-state index in [2.05, 4.69) is 0 Å². The van der Waals surface area contributed by atoms with Gasteiger partial charge in [-0.15, -0.1) is 11.6 Å². The van der Waals surface area contributed by atoms with Crippen molar-refractivity contribution in [1.82, 2.24) is 0 Å². The van der Waals surface area contributed by atoms with Crippen LogP contribution in [0.4, 0.5) is 18.9 Å². The molecule has 10 heteroatoms. The number of sulfonamides is 1. The lowest BCUT2D eigenvalue weighted by atomic mass is 9.96. The van der Waals surface area contributed by atoms with Gasteiger partial charge in [0.15, 0.2) is 0 Å². The van der Waals surface area contributed by atoms with E-state index >= 15 is 0 Å². The van der Waals surface area contributed by atoms with Crippen molar-refractivity contribution in [2.45, 2.75) is 17.0 Å². The predicted octanol–water partition coefficient (Wildman–Crippen LogP) is 2.72. The van der Waals surface area contributed by atoms with Crippen LogP contribution in [0.15, 0.2) is 35.2 Å². The van der Waals surface area contributed by atoms with Gasteiger partial charge in [0.05, 0.1) is 4.90 Å². The average Bonchev–Trinajstić information content (AvgIpc) is 2.90. The molecule has 5 nitrogen and oxygen atoms in total. The number of hydrogen-bond acceptors (Lipinski definition) is 3. The molecule has 3 rings (SSSR count). The Morgan fingerprint density at radius 3 is 2.48 bits per heavy atom. The molecule has 2 aromatic rings. The Balaban J connectivity index is 2.28. The standard InChI is InChI=1S/C15H12ClF3N2O3S/c16-6-8-7-21(14(22)15(17,18)19)11-5-4-9-10(13(8)11)2-1-3-12(9)25(20,23)24/h1-5,8H,6-7H2,(H2,20,23,24). The van der Waals surface area contributed by atoms with E-state index in [1.807, 2.05) is 0 Å². The number of benzene rings is 2. The molecule has 0 radical (unpaired) electrons. The van der Waals surface area contributed by atoms with Crippen molar-refractivity contribution in [2.24, 2.45) is 5.14 Å². The molecule has 1 amide bonds. The predicted molar refractivity (Wildman–Crippen MR) is 87.2 cm³/mol. The maximum atomic E-state index is 12.8. The molecule has 0 aromatic heterocycles. The first kappa shape index (κ1) is 18.0. The van der Waals surface area contributed by atoms with Crippen LogP contribution in [0.5, 0.6) is 0 Å². The quantitative estimate of drug-likeness (QED) is 0.798. The number of anilines is 1. The average molecular weight is 393 g/mol. The molecule has 1 atom stereocenters. The summed E-state index contributed by atoms with van der Waals surface area (Å²) in [4.78, 5) is 12.2. The zero-order valence-electron chi connectivity index (χ0n) is 12.5. The zero-order chi connectivity index (χ0) is 18.6. The van der Waals surface area contributed by atoms with Crippen molar-refractivity contribution in [3.8, 4) is 0 Å². The summed E-state index contributed by atoms with van der Waals surface area (Å²) in [5.41, 5.74) is 0.489. The summed E-state index contributed by atoms with van der Waals surface area (Å²) in [5.74, 6) is -2.56. The third-order valence-corrected chi connectivity index (χ3v) is 5.46. The molecule has 0 saturated heterocycles. The van der Waals surface area contributed by atoms with Gasteiger partial charge in [0.1, 0.15) is 0 Å². The normalized spacial score (nSPS) is 17.8. The number of fused-ring (bicyclic) bond motifs is 3. The Labute approximate surface area is 146 Å². The van der Waals surface area contributed by atoms with Crippen LogP contribution in [0.25, 0.3) is 10.8 Å². The van der Waals surface area contributed by atoms with E-state index in [1.165, 1.54) is 24.3 Å². The first-order valence-electron chi connectivity index (χ1n) is 7.08. The molecule has 25 heavy (non-hydrogen) atoms. The largest absolute Gasteiger partial charge is 0.471 e. The molecule has 0 fully saturated rings. The number of halogens is 4. The van der Waals surface area contributed by atoms with Gasteiger partial charge in [-0.2, -0.15) is 13.2 Å². The third-order valence-electron chi connectivity index (χ3n) is 4.12. The molecule has 0 saturated carbocycles. The summed E-state index contributed by atoms with van der Waals surface area (Å²) in [6.07, 6.45) is -5.02. The fourth-order valence-electron chi connectivity index (χ4n) is 3.13. The molecule has 0 aliphatic carbocycles. The maximum Gasteiger partial charge on any atom is 0.471 e. The number of primary sulfonamides is 1. The fourth-order valence-corrected chi connectivity index (χ4v) is 4.14. The van der Waals surface area contributed by atoms with Crippen LogP contribution in [0.1, 0.15) is 11.5 Å². The molecule has 0 bridgehead atoms. The summed E-state index contributed by atoms with van der Waals surface area (Å²) in [7, 11) is -4.02. The molecule has 1 aliphatic rings. The maximum absolute atomic E-state index is 12.8. The van der Waals surface area contributed by atoms with Gasteiger partial charge in [-0.25, -0.2) is 13.6 Å². The summed E-state index contributed by atoms with van der Waals surface area (Å²) < 4.78 is 62.0. The Morgan fingerprint density at radius 1 is 1.24 bits per heavy atom. The van der Waals surface area contributed by atoms with Gasteiger partial charge in [-0.3, -0.25) is 4.79 Å². The number of carbonyl (C=O) groups is 1. The first-order chi connectivity index (χ1) is 11.6. The molecule has 2 aromatic carbocycles. The number of alkyl halides is 4. The van der Waals surface area contributed by atoms with Crippen molar-refractivity contribution in [3.05, 3.63) is 35.9 Å². The lowest BCUT2D eigenvalue weighted by Crippen LogP contribution is -2.40. The minimum absolute atomic E-state index is 0.0205. The van der Waals surface area contributed by atoms with Gasteiger partial charge in [0.25, 0.3) is 0 Å². The molecule has 134 valence electrons. The second-order valence-electron chi connectivity index (χ2n) is 5.66. The lowest BCUT2D eigenvalue weighted by Gasteiger charge is -2.19. The minimum atomic E-state index is -5.02. The van der Waals surface area contributed by atoms with Crippen LogP contribution < -0.4 is 10.0 Å². The van der Waals surface area contributed by atoms with Gasteiger partial charge in [0.2, 0.25) is 10.0 Å². The minimum Gasteiger partial charge on any atom is -0.304 e. The smallest absolute Gasteiger partial charge is 0.304 e. The molecule has 1 heterocycles. The van der Waals surface area contributed by atoms with Crippen molar-refractivity contribution in [3.63, 3.8) is 0 Å². The summed E-state index contributed by atoms with van der Waals surface area (Å²) in [5, 5.41) is 5.89. The van der Waals surface area contributed by atoms with E-state index in [0.717, 1.165) is 0 Å². The van der Waals surface area contributed by atoms with E-state index in [9.17, 15) is 26.4 Å². The van der Waals surface area contributed by atoms with E-state index < -0.39 is 28.0 Å². The molecule has 1 aliphatic heterocycles. The lowest BCUT2D eigenvalue weighted by molar-refractivity contribution is -0.170. The van der Waals surface area contributed by atoms with E-state index in [1.54, 1.807) is 6.07 Å². The highest BCUT2D eigenvalue weighted by Crippen LogP contribution is 2.44. The summed E-state index contributed by atoms with van der Waals surface area (Å²) in [6.45, 7) is -0.226. The van der Waals surface area contributed by atoms with Crippen LogP contribution in [0.2, 0.25) is 0 Å². The van der Waals surface area contributed by atoms with E-state index in [4.69, 9.17) is 16.7 Å². The van der Waals surface area contributed by atoms with Crippen molar-refractivity contribution < 1.29 is 26.4 Å². The van der Waals surface area contributed by atoms with Gasteiger partial charge >= 0.3 is 12.1 Å². The number of nitrogens with zero attached hydrogens (tertiary/aromatic N) is 1. The Morgan fingerprint density at radius 2 is 1.92 bits per heavy atom. The first-order valence-corrected chi connectivity index (χ1v) is 9.17. The van der Waals surface area contributed by atoms with Crippen LogP contribution in [-0.4, -0.2) is 32.9 Å². The molecule has 0 spiro atoms. The number of amides is 1. The highest BCUT2D eigenvalue weighted by Gasteiger charge is 2.46. The SMILES string of the molecule is NS(=O)(=O)c1cccc2c3c(ccc12)N(C(=O)C(F)(F)F)CC3CCl. The van der Waals surface area contributed by atoms with Crippen molar-refractivity contribution >= 4 is 44.0 Å².